The van der Waals surface area contributed by atoms with Crippen molar-refractivity contribution < 1.29 is 8.78 Å². The van der Waals surface area contributed by atoms with Gasteiger partial charge in [0.1, 0.15) is 11.6 Å². The molecule has 0 spiro atoms. The Morgan fingerprint density at radius 2 is 1.90 bits per heavy atom. The van der Waals surface area contributed by atoms with Crippen molar-refractivity contribution in [3.63, 3.8) is 0 Å². The number of halogens is 3. The second-order valence-corrected chi connectivity index (χ2v) is 5.33. The molecule has 0 aliphatic heterocycles. The SMILES string of the molecule is CN(c1ccccc1F)C(CN)c1ccc(F)cc1Br. The Bertz CT molecular complexity index is 604. The van der Waals surface area contributed by atoms with E-state index in [0.29, 0.717) is 10.2 Å². The van der Waals surface area contributed by atoms with Crippen molar-refractivity contribution in [1.82, 2.24) is 0 Å². The van der Waals surface area contributed by atoms with Crippen LogP contribution in [0.3, 0.4) is 0 Å². The van der Waals surface area contributed by atoms with Gasteiger partial charge >= 0.3 is 0 Å². The van der Waals surface area contributed by atoms with Crippen molar-refractivity contribution in [1.29, 1.82) is 0 Å². The highest BCUT2D eigenvalue weighted by molar-refractivity contribution is 9.10. The van der Waals surface area contributed by atoms with E-state index in [2.05, 4.69) is 15.9 Å². The third-order valence-corrected chi connectivity index (χ3v) is 3.93. The number of nitrogens with zero attached hydrogens (tertiary/aromatic N) is 1. The molecule has 0 heterocycles. The van der Waals surface area contributed by atoms with Crippen LogP contribution in [-0.4, -0.2) is 13.6 Å². The fraction of sp³-hybridized carbons (Fsp3) is 0.200. The molecule has 0 bridgehead atoms. The van der Waals surface area contributed by atoms with Crippen molar-refractivity contribution in [2.75, 3.05) is 18.5 Å². The molecule has 2 rings (SSSR count). The van der Waals surface area contributed by atoms with E-state index in [1.807, 2.05) is 0 Å². The van der Waals surface area contributed by atoms with E-state index in [-0.39, 0.29) is 24.2 Å². The fourth-order valence-electron chi connectivity index (χ4n) is 2.17. The summed E-state index contributed by atoms with van der Waals surface area (Å²) in [4.78, 5) is 1.76. The van der Waals surface area contributed by atoms with E-state index in [0.717, 1.165) is 5.56 Å². The molecule has 5 heteroatoms. The molecule has 0 radical (unpaired) electrons. The molecule has 0 aliphatic carbocycles. The minimum absolute atomic E-state index is 0.248. The molecule has 2 N–H and O–H groups in total. The zero-order valence-electron chi connectivity index (χ0n) is 11.0. The summed E-state index contributed by atoms with van der Waals surface area (Å²) in [6.45, 7) is 0.287. The van der Waals surface area contributed by atoms with Crippen LogP contribution in [0.5, 0.6) is 0 Å². The van der Waals surface area contributed by atoms with Crippen LogP contribution in [0, 0.1) is 11.6 Å². The van der Waals surface area contributed by atoms with Crippen LogP contribution in [0.4, 0.5) is 14.5 Å². The van der Waals surface area contributed by atoms with Gasteiger partial charge in [-0.25, -0.2) is 8.78 Å². The maximum Gasteiger partial charge on any atom is 0.146 e. The summed E-state index contributed by atoms with van der Waals surface area (Å²) >= 11 is 3.33. The fourth-order valence-corrected chi connectivity index (χ4v) is 2.79. The molecule has 20 heavy (non-hydrogen) atoms. The summed E-state index contributed by atoms with van der Waals surface area (Å²) in [6, 6.07) is 10.7. The molecule has 0 saturated heterocycles. The Hall–Kier alpha value is -1.46. The van der Waals surface area contributed by atoms with Crippen LogP contribution in [0.1, 0.15) is 11.6 Å². The minimum atomic E-state index is -0.329. The van der Waals surface area contributed by atoms with Crippen LogP contribution in [0.15, 0.2) is 46.9 Å². The number of likely N-dealkylation sites (N-methyl/N-ethyl adjacent to an activating group) is 1. The quantitative estimate of drug-likeness (QED) is 0.915. The number of hydrogen-bond acceptors (Lipinski definition) is 2. The van der Waals surface area contributed by atoms with Crippen LogP contribution >= 0.6 is 15.9 Å². The Morgan fingerprint density at radius 1 is 1.20 bits per heavy atom. The van der Waals surface area contributed by atoms with Crippen molar-refractivity contribution in [2.24, 2.45) is 5.73 Å². The predicted octanol–water partition coefficient (Wildman–Crippen LogP) is 3.86. The smallest absolute Gasteiger partial charge is 0.146 e. The van der Waals surface area contributed by atoms with E-state index < -0.39 is 0 Å². The highest BCUT2D eigenvalue weighted by atomic mass is 79.9. The van der Waals surface area contributed by atoms with Crippen LogP contribution in [-0.2, 0) is 0 Å². The van der Waals surface area contributed by atoms with Crippen LogP contribution in [0.25, 0.3) is 0 Å². The first-order chi connectivity index (χ1) is 9.54. The Balaban J connectivity index is 2.39. The normalized spacial score (nSPS) is 12.2. The summed E-state index contributed by atoms with van der Waals surface area (Å²) < 4.78 is 27.7. The molecular weight excluding hydrogens is 326 g/mol. The topological polar surface area (TPSA) is 29.3 Å². The van der Waals surface area contributed by atoms with Crippen molar-refractivity contribution >= 4 is 21.6 Å². The molecule has 2 aromatic rings. The van der Waals surface area contributed by atoms with Crippen molar-refractivity contribution in [3.05, 3.63) is 64.1 Å². The highest BCUT2D eigenvalue weighted by Gasteiger charge is 2.20. The number of para-hydroxylation sites is 1. The third kappa shape index (κ3) is 2.99. The van der Waals surface area contributed by atoms with Gasteiger partial charge in [0, 0.05) is 18.1 Å². The summed E-state index contributed by atoms with van der Waals surface area (Å²) in [5.41, 5.74) is 7.10. The maximum absolute atomic E-state index is 13.9. The third-order valence-electron chi connectivity index (χ3n) is 3.24. The number of rotatable bonds is 4. The van der Waals surface area contributed by atoms with E-state index in [9.17, 15) is 8.78 Å². The first kappa shape index (κ1) is 14.9. The van der Waals surface area contributed by atoms with Crippen LogP contribution in [0.2, 0.25) is 0 Å². The molecule has 2 nitrogen and oxygen atoms in total. The lowest BCUT2D eigenvalue weighted by molar-refractivity contribution is 0.599. The van der Waals surface area contributed by atoms with Gasteiger partial charge in [0.25, 0.3) is 0 Å². The largest absolute Gasteiger partial charge is 0.364 e. The minimum Gasteiger partial charge on any atom is -0.364 e. The van der Waals surface area contributed by atoms with Crippen molar-refractivity contribution in [2.45, 2.75) is 6.04 Å². The number of nitrogens with two attached hydrogens (primary N) is 1. The van der Waals surface area contributed by atoms with Gasteiger partial charge in [-0.15, -0.1) is 0 Å². The zero-order chi connectivity index (χ0) is 14.7. The maximum atomic E-state index is 13.9. The van der Waals surface area contributed by atoms with Gasteiger partial charge in [0.2, 0.25) is 0 Å². The molecule has 0 aliphatic rings. The molecular formula is C15H15BrF2N2. The lowest BCUT2D eigenvalue weighted by atomic mass is 10.0. The second-order valence-electron chi connectivity index (χ2n) is 4.48. The first-order valence-electron chi connectivity index (χ1n) is 6.17. The lowest BCUT2D eigenvalue weighted by Gasteiger charge is -2.30. The van der Waals surface area contributed by atoms with Gasteiger partial charge in [0.15, 0.2) is 0 Å². The van der Waals surface area contributed by atoms with E-state index in [4.69, 9.17) is 5.73 Å². The summed E-state index contributed by atoms with van der Waals surface area (Å²) in [5.74, 6) is -0.642. The van der Waals surface area contributed by atoms with Gasteiger partial charge in [-0.1, -0.05) is 34.1 Å². The standard InChI is InChI=1S/C15H15BrF2N2/c1-20(14-5-3-2-4-13(14)18)15(9-19)11-7-6-10(17)8-12(11)16/h2-8,15H,9,19H2,1H3. The molecule has 0 saturated carbocycles. The Morgan fingerprint density at radius 3 is 2.50 bits per heavy atom. The number of benzene rings is 2. The highest BCUT2D eigenvalue weighted by Crippen LogP contribution is 2.31. The second kappa shape index (κ2) is 6.33. The molecule has 0 amide bonds. The van der Waals surface area contributed by atoms with E-state index in [1.165, 1.54) is 18.2 Å². The average molecular weight is 341 g/mol. The summed E-state index contributed by atoms with van der Waals surface area (Å²) in [5, 5.41) is 0. The molecule has 106 valence electrons. The van der Waals surface area contributed by atoms with Crippen molar-refractivity contribution in [3.8, 4) is 0 Å². The average Bonchev–Trinajstić information content (AvgIpc) is 2.42. The molecule has 1 atom stereocenters. The van der Waals surface area contributed by atoms with Gasteiger partial charge in [-0.3, -0.25) is 0 Å². The van der Waals surface area contributed by atoms with E-state index in [1.54, 1.807) is 36.2 Å². The monoisotopic (exact) mass is 340 g/mol. The van der Waals surface area contributed by atoms with Gasteiger partial charge < -0.3 is 10.6 Å². The first-order valence-corrected chi connectivity index (χ1v) is 6.96. The molecule has 0 fully saturated rings. The van der Waals surface area contributed by atoms with E-state index >= 15 is 0 Å². The lowest BCUT2D eigenvalue weighted by Crippen LogP contribution is -2.31. The molecule has 2 aromatic carbocycles. The molecule has 0 aromatic heterocycles. The zero-order valence-corrected chi connectivity index (χ0v) is 12.6. The number of anilines is 1. The van der Waals surface area contributed by atoms with Gasteiger partial charge in [0.05, 0.1) is 11.7 Å². The summed E-state index contributed by atoms with van der Waals surface area (Å²) in [6.07, 6.45) is 0. The molecule has 1 unspecified atom stereocenters. The summed E-state index contributed by atoms with van der Waals surface area (Å²) in [7, 11) is 1.77. The number of hydrogen-bond donors (Lipinski definition) is 1. The predicted molar refractivity (Wildman–Crippen MR) is 80.7 cm³/mol. The Labute approximate surface area is 125 Å². The van der Waals surface area contributed by atoms with Gasteiger partial charge in [-0.2, -0.15) is 0 Å². The Kier molecular flexibility index (Phi) is 4.73. The van der Waals surface area contributed by atoms with Gasteiger partial charge in [-0.05, 0) is 29.8 Å². The van der Waals surface area contributed by atoms with Crippen LogP contribution < -0.4 is 10.6 Å².